The summed E-state index contributed by atoms with van der Waals surface area (Å²) >= 11 is 0. The lowest BCUT2D eigenvalue weighted by atomic mass is 10.1. The highest BCUT2D eigenvalue weighted by Gasteiger charge is 2.00. The molecule has 1 N–H and O–H groups in total. The van der Waals surface area contributed by atoms with Crippen LogP contribution in [0.25, 0.3) is 11.1 Å². The molecule has 0 aliphatic carbocycles. The first-order chi connectivity index (χ1) is 7.66. The lowest BCUT2D eigenvalue weighted by Crippen LogP contribution is -2.07. The minimum Gasteiger partial charge on any atom is -0.506 e. The van der Waals surface area contributed by atoms with E-state index in [4.69, 9.17) is 0 Å². The van der Waals surface area contributed by atoms with Gasteiger partial charge in [0.05, 0.1) is 6.20 Å². The highest BCUT2D eigenvalue weighted by atomic mass is 16.3. The van der Waals surface area contributed by atoms with Crippen molar-refractivity contribution in [3.05, 3.63) is 42.7 Å². The van der Waals surface area contributed by atoms with Gasteiger partial charge in [0.2, 0.25) is 0 Å². The van der Waals surface area contributed by atoms with E-state index < -0.39 is 0 Å². The number of pyridine rings is 1. The van der Waals surface area contributed by atoms with E-state index in [1.54, 1.807) is 12.3 Å². The zero-order valence-electron chi connectivity index (χ0n) is 9.38. The third-order valence-electron chi connectivity index (χ3n) is 2.44. The Labute approximate surface area is 95.0 Å². The molecule has 2 aromatic rings. The topological polar surface area (TPSA) is 36.4 Å². The summed E-state index contributed by atoms with van der Waals surface area (Å²) in [6.45, 7) is 0. The van der Waals surface area contributed by atoms with Crippen molar-refractivity contribution in [3.8, 4) is 16.9 Å². The van der Waals surface area contributed by atoms with Crippen LogP contribution in [0, 0.1) is 0 Å². The van der Waals surface area contributed by atoms with Crippen LogP contribution in [0.15, 0.2) is 42.7 Å². The molecule has 2 rings (SSSR count). The number of nitrogens with zero attached hydrogens (tertiary/aromatic N) is 2. The molecule has 0 spiro atoms. The number of aromatic nitrogens is 1. The zero-order chi connectivity index (χ0) is 11.5. The van der Waals surface area contributed by atoms with Crippen molar-refractivity contribution in [2.45, 2.75) is 0 Å². The van der Waals surface area contributed by atoms with Crippen LogP contribution in [0.2, 0.25) is 0 Å². The monoisotopic (exact) mass is 214 g/mol. The molecule has 0 aliphatic rings. The van der Waals surface area contributed by atoms with Gasteiger partial charge in [-0.1, -0.05) is 12.1 Å². The summed E-state index contributed by atoms with van der Waals surface area (Å²) in [6.07, 6.45) is 3.17. The van der Waals surface area contributed by atoms with E-state index in [1.807, 2.05) is 43.3 Å². The van der Waals surface area contributed by atoms with Crippen LogP contribution >= 0.6 is 0 Å². The van der Waals surface area contributed by atoms with Crippen LogP contribution in [0.3, 0.4) is 0 Å². The van der Waals surface area contributed by atoms with Gasteiger partial charge in [-0.3, -0.25) is 4.98 Å². The first kappa shape index (κ1) is 10.5. The van der Waals surface area contributed by atoms with Gasteiger partial charge in [0.25, 0.3) is 0 Å². The maximum atomic E-state index is 9.35. The number of hydrogen-bond donors (Lipinski definition) is 1. The number of aromatic hydroxyl groups is 1. The summed E-state index contributed by atoms with van der Waals surface area (Å²) in [7, 11) is 4.01. The summed E-state index contributed by atoms with van der Waals surface area (Å²) < 4.78 is 0. The van der Waals surface area contributed by atoms with E-state index in [9.17, 15) is 5.11 Å². The van der Waals surface area contributed by atoms with Crippen LogP contribution in [-0.4, -0.2) is 24.2 Å². The van der Waals surface area contributed by atoms with Crippen molar-refractivity contribution in [2.24, 2.45) is 0 Å². The fourth-order valence-electron chi connectivity index (χ4n) is 1.54. The molecular weight excluding hydrogens is 200 g/mol. The molecule has 1 heterocycles. The molecule has 0 aliphatic heterocycles. The van der Waals surface area contributed by atoms with Crippen molar-refractivity contribution < 1.29 is 5.11 Å². The van der Waals surface area contributed by atoms with Gasteiger partial charge >= 0.3 is 0 Å². The Morgan fingerprint density at radius 1 is 1.00 bits per heavy atom. The minimum atomic E-state index is 0.189. The fourth-order valence-corrected chi connectivity index (χ4v) is 1.54. The molecule has 0 radical (unpaired) electrons. The average molecular weight is 214 g/mol. The van der Waals surface area contributed by atoms with Crippen molar-refractivity contribution in [1.82, 2.24) is 4.98 Å². The molecule has 0 atom stereocenters. The second-order valence-electron chi connectivity index (χ2n) is 3.87. The lowest BCUT2D eigenvalue weighted by molar-refractivity contribution is 0.473. The van der Waals surface area contributed by atoms with E-state index in [2.05, 4.69) is 4.98 Å². The van der Waals surface area contributed by atoms with Gasteiger partial charge in [-0.2, -0.15) is 0 Å². The second kappa shape index (κ2) is 4.23. The Morgan fingerprint density at radius 3 is 2.25 bits per heavy atom. The average Bonchev–Trinajstić information content (AvgIpc) is 2.29. The Morgan fingerprint density at radius 2 is 1.69 bits per heavy atom. The van der Waals surface area contributed by atoms with Crippen molar-refractivity contribution >= 4 is 5.69 Å². The SMILES string of the molecule is CN(C)c1ccc(-c2cncc(O)c2)cc1. The Balaban J connectivity index is 2.35. The molecular formula is C13H14N2O. The number of benzene rings is 1. The zero-order valence-corrected chi connectivity index (χ0v) is 9.38. The smallest absolute Gasteiger partial charge is 0.134 e. The standard InChI is InChI=1S/C13H14N2O/c1-15(2)12-5-3-10(4-6-12)11-7-13(16)9-14-8-11/h3-9,16H,1-2H3. The van der Waals surface area contributed by atoms with E-state index in [0.29, 0.717) is 0 Å². The molecule has 3 nitrogen and oxygen atoms in total. The Hall–Kier alpha value is -2.03. The maximum Gasteiger partial charge on any atom is 0.134 e. The molecule has 1 aromatic carbocycles. The van der Waals surface area contributed by atoms with Crippen LogP contribution in [0.4, 0.5) is 5.69 Å². The molecule has 82 valence electrons. The molecule has 3 heteroatoms. The predicted octanol–water partition coefficient (Wildman–Crippen LogP) is 2.52. The summed E-state index contributed by atoms with van der Waals surface area (Å²) in [4.78, 5) is 6.00. The van der Waals surface area contributed by atoms with Gasteiger partial charge in [0.15, 0.2) is 0 Å². The highest BCUT2D eigenvalue weighted by molar-refractivity contribution is 5.66. The van der Waals surface area contributed by atoms with Crippen LogP contribution in [-0.2, 0) is 0 Å². The van der Waals surface area contributed by atoms with Gasteiger partial charge in [0, 0.05) is 31.5 Å². The molecule has 0 unspecified atom stereocenters. The molecule has 1 aromatic heterocycles. The predicted molar refractivity (Wildman–Crippen MR) is 65.7 cm³/mol. The van der Waals surface area contributed by atoms with Gasteiger partial charge in [-0.05, 0) is 23.8 Å². The third kappa shape index (κ3) is 2.14. The quantitative estimate of drug-likeness (QED) is 0.834. The fraction of sp³-hybridized carbons (Fsp3) is 0.154. The molecule has 16 heavy (non-hydrogen) atoms. The first-order valence-corrected chi connectivity index (χ1v) is 5.08. The number of anilines is 1. The minimum absolute atomic E-state index is 0.189. The first-order valence-electron chi connectivity index (χ1n) is 5.08. The van der Waals surface area contributed by atoms with Crippen molar-refractivity contribution in [1.29, 1.82) is 0 Å². The molecule has 0 saturated carbocycles. The van der Waals surface area contributed by atoms with Gasteiger partial charge < -0.3 is 10.0 Å². The normalized spacial score (nSPS) is 10.1. The number of rotatable bonds is 2. The van der Waals surface area contributed by atoms with Gasteiger partial charge in [-0.25, -0.2) is 0 Å². The van der Waals surface area contributed by atoms with Crippen molar-refractivity contribution in [2.75, 3.05) is 19.0 Å². The summed E-state index contributed by atoms with van der Waals surface area (Å²) in [5.41, 5.74) is 3.12. The van der Waals surface area contributed by atoms with Crippen LogP contribution in [0.1, 0.15) is 0 Å². The highest BCUT2D eigenvalue weighted by Crippen LogP contribution is 2.23. The van der Waals surface area contributed by atoms with Crippen LogP contribution in [0.5, 0.6) is 5.75 Å². The summed E-state index contributed by atoms with van der Waals surface area (Å²) in [5, 5.41) is 9.35. The third-order valence-corrected chi connectivity index (χ3v) is 2.44. The van der Waals surface area contributed by atoms with Gasteiger partial charge in [0.1, 0.15) is 5.75 Å². The van der Waals surface area contributed by atoms with E-state index in [0.717, 1.165) is 16.8 Å². The van der Waals surface area contributed by atoms with Crippen molar-refractivity contribution in [3.63, 3.8) is 0 Å². The maximum absolute atomic E-state index is 9.35. The Bertz CT molecular complexity index is 478. The van der Waals surface area contributed by atoms with Crippen LogP contribution < -0.4 is 4.90 Å². The lowest BCUT2D eigenvalue weighted by Gasteiger charge is -2.12. The molecule has 0 saturated heterocycles. The largest absolute Gasteiger partial charge is 0.506 e. The van der Waals surface area contributed by atoms with E-state index in [-0.39, 0.29) is 5.75 Å². The molecule has 0 amide bonds. The summed E-state index contributed by atoms with van der Waals surface area (Å²) in [5.74, 6) is 0.189. The summed E-state index contributed by atoms with van der Waals surface area (Å²) in [6, 6.07) is 9.83. The Kier molecular flexibility index (Phi) is 2.77. The van der Waals surface area contributed by atoms with E-state index >= 15 is 0 Å². The molecule has 0 fully saturated rings. The number of hydrogen-bond acceptors (Lipinski definition) is 3. The van der Waals surface area contributed by atoms with E-state index in [1.165, 1.54) is 6.20 Å². The second-order valence-corrected chi connectivity index (χ2v) is 3.87. The molecule has 0 bridgehead atoms. The van der Waals surface area contributed by atoms with Gasteiger partial charge in [-0.15, -0.1) is 0 Å².